The first-order chi connectivity index (χ1) is 11.9. The van der Waals surface area contributed by atoms with Crippen molar-refractivity contribution in [3.63, 3.8) is 0 Å². The fraction of sp³-hybridized carbons (Fsp3) is 0.222. The largest absolute Gasteiger partial charge is 0.494 e. The Morgan fingerprint density at radius 2 is 1.96 bits per heavy atom. The van der Waals surface area contributed by atoms with Crippen molar-refractivity contribution >= 4 is 29.2 Å². The van der Waals surface area contributed by atoms with Crippen molar-refractivity contribution < 1.29 is 23.5 Å². The molecule has 0 atom stereocenters. The molecule has 2 aromatic rings. The van der Waals surface area contributed by atoms with E-state index in [1.54, 1.807) is 24.3 Å². The summed E-state index contributed by atoms with van der Waals surface area (Å²) < 4.78 is 23.3. The van der Waals surface area contributed by atoms with E-state index in [4.69, 9.17) is 21.1 Å². The highest BCUT2D eigenvalue weighted by Gasteiger charge is 2.11. The number of nitrogens with one attached hydrogen (secondary N) is 1. The van der Waals surface area contributed by atoms with E-state index in [0.29, 0.717) is 16.3 Å². The summed E-state index contributed by atoms with van der Waals surface area (Å²) in [4.78, 5) is 23.6. The van der Waals surface area contributed by atoms with Crippen LogP contribution in [0, 0.1) is 12.7 Å². The van der Waals surface area contributed by atoms with Gasteiger partial charge in [-0.25, -0.2) is 4.39 Å². The van der Waals surface area contributed by atoms with E-state index in [9.17, 15) is 14.0 Å². The number of esters is 1. The van der Waals surface area contributed by atoms with Crippen LogP contribution in [-0.2, 0) is 20.7 Å². The third kappa shape index (κ3) is 5.46. The van der Waals surface area contributed by atoms with Gasteiger partial charge in [-0.2, -0.15) is 0 Å². The second kappa shape index (κ2) is 8.48. The highest BCUT2D eigenvalue weighted by molar-refractivity contribution is 6.31. The van der Waals surface area contributed by atoms with E-state index in [2.05, 4.69) is 5.32 Å². The van der Waals surface area contributed by atoms with Gasteiger partial charge in [0.15, 0.2) is 18.2 Å². The molecular formula is C18H17ClFNO4. The fourth-order valence-corrected chi connectivity index (χ4v) is 2.23. The Kier molecular flexibility index (Phi) is 6.36. The molecule has 5 nitrogen and oxygen atoms in total. The summed E-state index contributed by atoms with van der Waals surface area (Å²) in [5, 5.41) is 3.10. The molecule has 0 spiro atoms. The molecule has 0 radical (unpaired) electrons. The Hall–Kier alpha value is -2.60. The zero-order valence-corrected chi connectivity index (χ0v) is 14.5. The average Bonchev–Trinajstić information content (AvgIpc) is 2.56. The Bertz CT molecular complexity index is 795. The maximum atomic E-state index is 13.6. The van der Waals surface area contributed by atoms with E-state index >= 15 is 0 Å². The van der Waals surface area contributed by atoms with Gasteiger partial charge in [0.2, 0.25) is 0 Å². The van der Waals surface area contributed by atoms with Gasteiger partial charge in [-0.1, -0.05) is 23.7 Å². The van der Waals surface area contributed by atoms with Crippen molar-refractivity contribution in [2.24, 2.45) is 0 Å². The number of benzene rings is 2. The Morgan fingerprint density at radius 1 is 1.20 bits per heavy atom. The number of halogens is 2. The zero-order chi connectivity index (χ0) is 18.4. The van der Waals surface area contributed by atoms with Gasteiger partial charge in [0.05, 0.1) is 13.5 Å². The summed E-state index contributed by atoms with van der Waals surface area (Å²) >= 11 is 5.97. The molecule has 0 aromatic heterocycles. The molecule has 0 aliphatic carbocycles. The van der Waals surface area contributed by atoms with E-state index in [1.165, 1.54) is 19.2 Å². The number of rotatable bonds is 6. The highest BCUT2D eigenvalue weighted by atomic mass is 35.5. The van der Waals surface area contributed by atoms with Crippen molar-refractivity contribution in [2.45, 2.75) is 13.3 Å². The minimum Gasteiger partial charge on any atom is -0.494 e. The number of amides is 1. The Morgan fingerprint density at radius 3 is 2.60 bits per heavy atom. The summed E-state index contributed by atoms with van der Waals surface area (Å²) in [6.45, 7) is 1.40. The van der Waals surface area contributed by atoms with Crippen molar-refractivity contribution in [2.75, 3.05) is 19.0 Å². The van der Waals surface area contributed by atoms with Crippen LogP contribution in [0.2, 0.25) is 5.02 Å². The Labute approximate surface area is 149 Å². The minimum atomic E-state index is -0.637. The molecule has 0 aliphatic rings. The molecule has 0 saturated heterocycles. The predicted molar refractivity (Wildman–Crippen MR) is 92.4 cm³/mol. The van der Waals surface area contributed by atoms with Crippen molar-refractivity contribution in [1.29, 1.82) is 0 Å². The number of carbonyl (C=O) groups is 2. The van der Waals surface area contributed by atoms with E-state index in [0.717, 1.165) is 5.56 Å². The second-order valence-corrected chi connectivity index (χ2v) is 5.73. The summed E-state index contributed by atoms with van der Waals surface area (Å²) in [7, 11) is 1.35. The van der Waals surface area contributed by atoms with E-state index < -0.39 is 24.3 Å². The lowest BCUT2D eigenvalue weighted by molar-refractivity contribution is -0.146. The van der Waals surface area contributed by atoms with Crippen molar-refractivity contribution in [3.8, 4) is 5.75 Å². The normalized spacial score (nSPS) is 10.2. The number of methoxy groups -OCH3 is 1. The van der Waals surface area contributed by atoms with E-state index in [1.807, 2.05) is 6.92 Å². The van der Waals surface area contributed by atoms with Crippen LogP contribution >= 0.6 is 11.6 Å². The van der Waals surface area contributed by atoms with Gasteiger partial charge in [-0.05, 0) is 42.3 Å². The molecule has 2 rings (SSSR count). The lowest BCUT2D eigenvalue weighted by atomic mass is 10.1. The van der Waals surface area contributed by atoms with E-state index in [-0.39, 0.29) is 12.2 Å². The molecule has 132 valence electrons. The van der Waals surface area contributed by atoms with Crippen LogP contribution in [0.3, 0.4) is 0 Å². The Balaban J connectivity index is 1.83. The van der Waals surface area contributed by atoms with Crippen LogP contribution in [0.25, 0.3) is 0 Å². The molecule has 0 heterocycles. The zero-order valence-electron chi connectivity index (χ0n) is 13.8. The molecule has 0 bridgehead atoms. The third-order valence-corrected chi connectivity index (χ3v) is 3.79. The minimum absolute atomic E-state index is 0.0910. The smallest absolute Gasteiger partial charge is 0.310 e. The first-order valence-electron chi connectivity index (χ1n) is 7.43. The predicted octanol–water partition coefficient (Wildman–Crippen LogP) is 3.52. The number of carbonyl (C=O) groups excluding carboxylic acids is 2. The fourth-order valence-electron chi connectivity index (χ4n) is 2.05. The van der Waals surface area contributed by atoms with Gasteiger partial charge in [0.25, 0.3) is 5.91 Å². The summed E-state index contributed by atoms with van der Waals surface area (Å²) in [6.07, 6.45) is -0.148. The highest BCUT2D eigenvalue weighted by Crippen LogP contribution is 2.20. The second-order valence-electron chi connectivity index (χ2n) is 5.32. The molecule has 0 unspecified atom stereocenters. The molecule has 1 N–H and O–H groups in total. The molecule has 25 heavy (non-hydrogen) atoms. The van der Waals surface area contributed by atoms with Gasteiger partial charge < -0.3 is 14.8 Å². The van der Waals surface area contributed by atoms with Crippen LogP contribution in [0.4, 0.5) is 10.1 Å². The average molecular weight is 366 g/mol. The van der Waals surface area contributed by atoms with Crippen LogP contribution in [0.5, 0.6) is 5.75 Å². The number of hydrogen-bond acceptors (Lipinski definition) is 4. The molecule has 0 aliphatic heterocycles. The lowest BCUT2D eigenvalue weighted by Crippen LogP contribution is -2.21. The van der Waals surface area contributed by atoms with Crippen LogP contribution in [0.1, 0.15) is 11.1 Å². The number of hydrogen-bond donors (Lipinski definition) is 1. The SMILES string of the molecule is COc1ccc(CC(=O)OCC(=O)Nc2ccc(C)c(Cl)c2)cc1F. The van der Waals surface area contributed by atoms with Crippen LogP contribution < -0.4 is 10.1 Å². The monoisotopic (exact) mass is 365 g/mol. The molecule has 0 fully saturated rings. The van der Waals surface area contributed by atoms with Gasteiger partial charge in [0.1, 0.15) is 0 Å². The van der Waals surface area contributed by atoms with Crippen LogP contribution in [-0.4, -0.2) is 25.6 Å². The lowest BCUT2D eigenvalue weighted by Gasteiger charge is -2.08. The molecule has 2 aromatic carbocycles. The third-order valence-electron chi connectivity index (χ3n) is 3.38. The van der Waals surface area contributed by atoms with Crippen molar-refractivity contribution in [1.82, 2.24) is 0 Å². The van der Waals surface area contributed by atoms with Gasteiger partial charge in [-0.3, -0.25) is 9.59 Å². The van der Waals surface area contributed by atoms with Crippen molar-refractivity contribution in [3.05, 3.63) is 58.4 Å². The first kappa shape index (κ1) is 18.7. The molecule has 0 saturated carbocycles. The number of ether oxygens (including phenoxy) is 2. The van der Waals surface area contributed by atoms with Gasteiger partial charge in [-0.15, -0.1) is 0 Å². The first-order valence-corrected chi connectivity index (χ1v) is 7.81. The molecular weight excluding hydrogens is 349 g/mol. The topological polar surface area (TPSA) is 64.6 Å². The van der Waals surface area contributed by atoms with Gasteiger partial charge in [0, 0.05) is 10.7 Å². The molecule has 1 amide bonds. The number of anilines is 1. The number of aryl methyl sites for hydroxylation is 1. The summed E-state index contributed by atoms with van der Waals surface area (Å²) in [6, 6.07) is 9.23. The van der Waals surface area contributed by atoms with Gasteiger partial charge >= 0.3 is 5.97 Å². The quantitative estimate of drug-likeness (QED) is 0.795. The summed E-state index contributed by atoms with van der Waals surface area (Å²) in [5.74, 6) is -1.61. The standard InChI is InChI=1S/C18H17ClFNO4/c1-11-3-5-13(9-14(11)19)21-17(22)10-25-18(23)8-12-4-6-16(24-2)15(20)7-12/h3-7,9H,8,10H2,1-2H3,(H,21,22). The van der Waals surface area contributed by atoms with Crippen LogP contribution in [0.15, 0.2) is 36.4 Å². The summed E-state index contributed by atoms with van der Waals surface area (Å²) in [5.41, 5.74) is 1.82. The molecule has 7 heteroatoms. The maximum Gasteiger partial charge on any atom is 0.310 e. The maximum absolute atomic E-state index is 13.6.